The number of hydrogen-bond acceptors (Lipinski definition) is 4. The Labute approximate surface area is 259 Å². The summed E-state index contributed by atoms with van der Waals surface area (Å²) in [6, 6.07) is 6.25. The van der Waals surface area contributed by atoms with Gasteiger partial charge < -0.3 is 19.6 Å². The van der Waals surface area contributed by atoms with E-state index in [1.54, 1.807) is 14.7 Å². The Morgan fingerprint density at radius 3 is 2.58 bits per heavy atom. The van der Waals surface area contributed by atoms with Crippen LogP contribution in [0.1, 0.15) is 64.9 Å². The van der Waals surface area contributed by atoms with Gasteiger partial charge in [-0.2, -0.15) is 0 Å². The monoisotopic (exact) mass is 606 g/mol. The molecule has 7 atom stereocenters. The van der Waals surface area contributed by atoms with Crippen molar-refractivity contribution < 1.29 is 19.2 Å². The Hall–Kier alpha value is -3.13. The number of nitrogens with zero attached hydrogens (tertiary/aromatic N) is 4. The first-order valence-electron chi connectivity index (χ1n) is 16.1. The van der Waals surface area contributed by atoms with E-state index in [1.165, 1.54) is 0 Å². The summed E-state index contributed by atoms with van der Waals surface area (Å²) < 4.78 is 0. The number of likely N-dealkylation sites (tertiary alicyclic amines) is 2. The zero-order valence-electron chi connectivity index (χ0n) is 25.5. The fourth-order valence-electron chi connectivity index (χ4n) is 8.25. The molecule has 1 spiro atoms. The van der Waals surface area contributed by atoms with Gasteiger partial charge >= 0.3 is 0 Å². The molecule has 5 aliphatic rings. The van der Waals surface area contributed by atoms with Crippen LogP contribution in [0.3, 0.4) is 0 Å². The molecule has 43 heavy (non-hydrogen) atoms. The summed E-state index contributed by atoms with van der Waals surface area (Å²) in [5, 5.41) is 0.632. The Morgan fingerprint density at radius 1 is 1.05 bits per heavy atom. The highest BCUT2D eigenvalue weighted by Gasteiger charge is 2.57. The topological polar surface area (TPSA) is 81.2 Å². The van der Waals surface area contributed by atoms with Crippen LogP contribution in [0.2, 0.25) is 5.02 Å². The number of hydrogen-bond donors (Lipinski definition) is 0. The summed E-state index contributed by atoms with van der Waals surface area (Å²) in [7, 11) is 0. The van der Waals surface area contributed by atoms with Crippen LogP contribution in [0, 0.1) is 11.8 Å². The predicted octanol–water partition coefficient (Wildman–Crippen LogP) is 4.22. The van der Waals surface area contributed by atoms with Crippen molar-refractivity contribution >= 4 is 35.2 Å². The molecule has 1 aromatic rings. The number of carbonyl (C=O) groups is 4. The molecular weight excluding hydrogens is 564 g/mol. The van der Waals surface area contributed by atoms with Gasteiger partial charge in [-0.25, -0.2) is 0 Å². The van der Waals surface area contributed by atoms with E-state index in [9.17, 15) is 19.2 Å². The summed E-state index contributed by atoms with van der Waals surface area (Å²) in [6.45, 7) is 7.56. The minimum atomic E-state index is -1.08. The van der Waals surface area contributed by atoms with Gasteiger partial charge in [0.05, 0.1) is 6.04 Å². The number of likely N-dealkylation sites (N-methyl/N-ethyl adjacent to an activating group) is 1. The van der Waals surface area contributed by atoms with Gasteiger partial charge in [-0.15, -0.1) is 0 Å². The zero-order valence-corrected chi connectivity index (χ0v) is 26.2. The number of fused-ring (bicyclic) bond motifs is 2. The highest BCUT2D eigenvalue weighted by molar-refractivity contribution is 6.31. The molecule has 3 fully saturated rings. The van der Waals surface area contributed by atoms with Gasteiger partial charge in [-0.3, -0.25) is 19.2 Å². The number of halogens is 1. The van der Waals surface area contributed by atoms with E-state index in [4.69, 9.17) is 11.6 Å². The maximum absolute atomic E-state index is 14.5. The van der Waals surface area contributed by atoms with E-state index in [2.05, 4.69) is 19.1 Å². The quantitative estimate of drug-likeness (QED) is 0.454. The minimum absolute atomic E-state index is 0.00570. The molecule has 0 N–H and O–H groups in total. The largest absolute Gasteiger partial charge is 0.335 e. The van der Waals surface area contributed by atoms with Crippen LogP contribution in [0.5, 0.6) is 0 Å². The molecule has 9 heteroatoms. The van der Waals surface area contributed by atoms with Crippen molar-refractivity contribution in [3.05, 3.63) is 59.2 Å². The maximum atomic E-state index is 14.5. The van der Waals surface area contributed by atoms with Crippen LogP contribution in [-0.4, -0.2) is 92.6 Å². The molecule has 0 saturated carbocycles. The van der Waals surface area contributed by atoms with E-state index in [-0.39, 0.29) is 47.5 Å². The second-order valence-corrected chi connectivity index (χ2v) is 13.3. The lowest BCUT2D eigenvalue weighted by Crippen LogP contribution is -2.64. The van der Waals surface area contributed by atoms with Crippen molar-refractivity contribution in [3.8, 4) is 0 Å². The predicted molar refractivity (Wildman–Crippen MR) is 165 cm³/mol. The fraction of sp³-hybridized carbons (Fsp3) is 0.588. The van der Waals surface area contributed by atoms with Crippen molar-refractivity contribution in [3.63, 3.8) is 0 Å². The van der Waals surface area contributed by atoms with Gasteiger partial charge in [0, 0.05) is 42.5 Å². The maximum Gasteiger partial charge on any atom is 0.253 e. The lowest BCUT2D eigenvalue weighted by molar-refractivity contribution is -0.157. The third kappa shape index (κ3) is 4.90. The van der Waals surface area contributed by atoms with Crippen LogP contribution in [0.15, 0.2) is 48.6 Å². The minimum Gasteiger partial charge on any atom is -0.335 e. The fourth-order valence-corrected chi connectivity index (χ4v) is 8.46. The molecule has 5 heterocycles. The average Bonchev–Trinajstić information content (AvgIpc) is 3.73. The molecule has 8 nitrogen and oxygen atoms in total. The van der Waals surface area contributed by atoms with E-state index in [0.717, 1.165) is 24.8 Å². The smallest absolute Gasteiger partial charge is 0.253 e. The van der Waals surface area contributed by atoms with Crippen molar-refractivity contribution in [2.75, 3.05) is 19.6 Å². The molecule has 0 aliphatic carbocycles. The first-order valence-corrected chi connectivity index (χ1v) is 16.5. The van der Waals surface area contributed by atoms with Crippen LogP contribution in [-0.2, 0) is 25.6 Å². The molecule has 0 aromatic heterocycles. The van der Waals surface area contributed by atoms with Gasteiger partial charge in [0.1, 0.15) is 17.6 Å². The molecule has 3 saturated heterocycles. The number of benzene rings is 1. The summed E-state index contributed by atoms with van der Waals surface area (Å²) in [4.78, 5) is 63.6. The van der Waals surface area contributed by atoms with Crippen LogP contribution in [0.4, 0.5) is 0 Å². The molecule has 1 aromatic carbocycles. The van der Waals surface area contributed by atoms with Crippen LogP contribution in [0.25, 0.3) is 0 Å². The standard InChI is InChI=1S/C34H43ClN4O4/c1-4-25-12-11-23-16-20-37(29(23)32(42)36(25)5-2)31(41)28-14-13-26-15-18-34(33(43)39(26)28)17-8-19-38(34)30(40)22(3)21-24-9-6-7-10-27(24)35/h6-7,9-12,15,18,22-23,25-26,28-29H,4-5,8,13-14,16-17,19-21H2,1-3H3/t22?,23-,25+,26-,28-,29-,34+/m0/s1. The zero-order chi connectivity index (χ0) is 30.5. The Kier molecular flexibility index (Phi) is 8.18. The summed E-state index contributed by atoms with van der Waals surface area (Å²) in [5.41, 5.74) is -0.166. The lowest BCUT2D eigenvalue weighted by atomic mass is 9.87. The van der Waals surface area contributed by atoms with E-state index in [1.807, 2.05) is 55.2 Å². The van der Waals surface area contributed by atoms with Crippen molar-refractivity contribution in [2.45, 2.75) is 95.4 Å². The van der Waals surface area contributed by atoms with E-state index < -0.39 is 17.6 Å². The average molecular weight is 607 g/mol. The van der Waals surface area contributed by atoms with Gasteiger partial charge in [0.15, 0.2) is 0 Å². The van der Waals surface area contributed by atoms with Gasteiger partial charge in [0.25, 0.3) is 5.91 Å². The first kappa shape index (κ1) is 29.9. The molecule has 0 radical (unpaired) electrons. The van der Waals surface area contributed by atoms with E-state index >= 15 is 0 Å². The van der Waals surface area contributed by atoms with Gasteiger partial charge in [-0.1, -0.05) is 68.0 Å². The number of carbonyl (C=O) groups excluding carboxylic acids is 4. The lowest BCUT2D eigenvalue weighted by Gasteiger charge is -2.45. The second kappa shape index (κ2) is 11.8. The normalized spacial score (nSPS) is 32.4. The highest BCUT2D eigenvalue weighted by Crippen LogP contribution is 2.43. The second-order valence-electron chi connectivity index (χ2n) is 12.9. The third-order valence-corrected chi connectivity index (χ3v) is 10.9. The summed E-state index contributed by atoms with van der Waals surface area (Å²) >= 11 is 6.39. The highest BCUT2D eigenvalue weighted by atomic mass is 35.5. The number of rotatable bonds is 6. The molecule has 1 unspecified atom stereocenters. The van der Waals surface area contributed by atoms with Crippen LogP contribution >= 0.6 is 11.6 Å². The number of amides is 4. The molecule has 6 rings (SSSR count). The van der Waals surface area contributed by atoms with Gasteiger partial charge in [-0.05, 0) is 63.5 Å². The molecule has 0 bridgehead atoms. The van der Waals surface area contributed by atoms with E-state index in [0.29, 0.717) is 50.3 Å². The summed E-state index contributed by atoms with van der Waals surface area (Å²) in [5.74, 6) is -0.718. The van der Waals surface area contributed by atoms with Crippen molar-refractivity contribution in [1.29, 1.82) is 0 Å². The first-order chi connectivity index (χ1) is 20.7. The molecule has 5 aliphatic heterocycles. The Bertz CT molecular complexity index is 1360. The van der Waals surface area contributed by atoms with Crippen molar-refractivity contribution in [1.82, 2.24) is 19.6 Å². The molecule has 4 amide bonds. The third-order valence-electron chi connectivity index (χ3n) is 10.5. The molecular formula is C34H43ClN4O4. The van der Waals surface area contributed by atoms with Crippen molar-refractivity contribution in [2.24, 2.45) is 11.8 Å². The SMILES string of the molecule is CC[C@@H]1C=C[C@H]2CCN(C(=O)[C@@H]3CC[C@H]4C=C[C@]5(CCCN5C(=O)C(C)Cc5ccccc5Cl)C(=O)N43)[C@@H]2C(=O)N1CC. The van der Waals surface area contributed by atoms with Gasteiger partial charge in [0.2, 0.25) is 17.7 Å². The Morgan fingerprint density at radius 2 is 1.84 bits per heavy atom. The molecule has 230 valence electrons. The van der Waals surface area contributed by atoms with Crippen LogP contribution < -0.4 is 0 Å². The Balaban J connectivity index is 1.23. The summed E-state index contributed by atoms with van der Waals surface area (Å²) in [6.07, 6.45) is 12.8.